The molecule has 1 aromatic carbocycles. The molecule has 1 aromatic heterocycles. The molecule has 0 fully saturated rings. The number of halogens is 1. The zero-order valence-corrected chi connectivity index (χ0v) is 13.3. The van der Waals surface area contributed by atoms with Crippen molar-refractivity contribution in [3.05, 3.63) is 63.4 Å². The largest absolute Gasteiger partial charge is 0.313 e. The molecule has 0 aliphatic rings. The van der Waals surface area contributed by atoms with Gasteiger partial charge in [0.05, 0.1) is 0 Å². The molecule has 20 heavy (non-hydrogen) atoms. The average molecular weight is 289 g/mol. The van der Waals surface area contributed by atoms with Crippen LogP contribution >= 0.6 is 11.6 Å². The molecule has 1 heterocycles. The number of rotatable bonds is 4. The topological polar surface area (TPSA) is 24.9 Å². The second-order valence-corrected chi connectivity index (χ2v) is 5.67. The quantitative estimate of drug-likeness (QED) is 0.913. The van der Waals surface area contributed by atoms with E-state index in [0.29, 0.717) is 0 Å². The Hall–Kier alpha value is -1.38. The summed E-state index contributed by atoms with van der Waals surface area (Å²) < 4.78 is 0. The Bertz CT molecular complexity index is 608. The number of pyridine rings is 1. The molecule has 1 unspecified atom stereocenters. The maximum Gasteiger partial charge on any atom is 0.0441 e. The van der Waals surface area contributed by atoms with Gasteiger partial charge in [0.25, 0.3) is 0 Å². The van der Waals surface area contributed by atoms with Crippen LogP contribution in [-0.4, -0.2) is 12.0 Å². The summed E-state index contributed by atoms with van der Waals surface area (Å²) in [6.07, 6.45) is 0.862. The summed E-state index contributed by atoms with van der Waals surface area (Å²) in [4.78, 5) is 4.55. The van der Waals surface area contributed by atoms with Crippen LogP contribution in [0.3, 0.4) is 0 Å². The van der Waals surface area contributed by atoms with Crippen LogP contribution in [-0.2, 0) is 6.42 Å². The molecule has 2 aromatic rings. The first-order valence-electron chi connectivity index (χ1n) is 6.87. The predicted molar refractivity (Wildman–Crippen MR) is 85.4 cm³/mol. The minimum atomic E-state index is 0.225. The van der Waals surface area contributed by atoms with Crippen LogP contribution in [0.25, 0.3) is 0 Å². The molecule has 106 valence electrons. The smallest absolute Gasteiger partial charge is 0.0441 e. The van der Waals surface area contributed by atoms with Gasteiger partial charge < -0.3 is 5.32 Å². The molecule has 1 atom stereocenters. The van der Waals surface area contributed by atoms with Crippen LogP contribution in [0.5, 0.6) is 0 Å². The van der Waals surface area contributed by atoms with Crippen LogP contribution in [0.15, 0.2) is 30.3 Å². The second kappa shape index (κ2) is 6.38. The number of aryl methyl sites for hydroxylation is 3. The molecule has 1 N–H and O–H groups in total. The van der Waals surface area contributed by atoms with Gasteiger partial charge in [-0.2, -0.15) is 0 Å². The Balaban J connectivity index is 2.28. The van der Waals surface area contributed by atoms with Crippen molar-refractivity contribution in [3.8, 4) is 0 Å². The van der Waals surface area contributed by atoms with Gasteiger partial charge in [-0.05, 0) is 63.1 Å². The Morgan fingerprint density at radius 2 is 1.90 bits per heavy atom. The van der Waals surface area contributed by atoms with E-state index in [2.05, 4.69) is 48.4 Å². The van der Waals surface area contributed by atoms with E-state index < -0.39 is 0 Å². The van der Waals surface area contributed by atoms with E-state index >= 15 is 0 Å². The molecule has 0 radical (unpaired) electrons. The Kier molecular flexibility index (Phi) is 4.79. The van der Waals surface area contributed by atoms with Crippen LogP contribution in [0.2, 0.25) is 5.02 Å². The van der Waals surface area contributed by atoms with Crippen molar-refractivity contribution in [1.29, 1.82) is 0 Å². The fraction of sp³-hybridized carbons (Fsp3) is 0.353. The summed E-state index contributed by atoms with van der Waals surface area (Å²) in [5.74, 6) is 0. The summed E-state index contributed by atoms with van der Waals surface area (Å²) in [5, 5.41) is 4.21. The maximum atomic E-state index is 6.34. The molecule has 2 rings (SSSR count). The van der Waals surface area contributed by atoms with Crippen molar-refractivity contribution in [2.75, 3.05) is 7.05 Å². The number of benzene rings is 1. The van der Waals surface area contributed by atoms with Crippen LogP contribution in [0, 0.1) is 20.8 Å². The Labute approximate surface area is 126 Å². The highest BCUT2D eigenvalue weighted by molar-refractivity contribution is 6.31. The highest BCUT2D eigenvalue weighted by atomic mass is 35.5. The fourth-order valence-corrected chi connectivity index (χ4v) is 2.78. The Morgan fingerprint density at radius 3 is 2.50 bits per heavy atom. The molecular formula is C17H21ClN2. The number of nitrogens with one attached hydrogen (secondary N) is 1. The van der Waals surface area contributed by atoms with Gasteiger partial charge in [-0.15, -0.1) is 0 Å². The van der Waals surface area contributed by atoms with Gasteiger partial charge in [0, 0.05) is 22.5 Å². The van der Waals surface area contributed by atoms with E-state index in [9.17, 15) is 0 Å². The minimum absolute atomic E-state index is 0.225. The van der Waals surface area contributed by atoms with Gasteiger partial charge in [-0.1, -0.05) is 29.8 Å². The number of aromatic nitrogens is 1. The van der Waals surface area contributed by atoms with E-state index in [1.165, 1.54) is 11.1 Å². The van der Waals surface area contributed by atoms with Gasteiger partial charge in [-0.25, -0.2) is 0 Å². The molecule has 0 aliphatic heterocycles. The van der Waals surface area contributed by atoms with Gasteiger partial charge in [-0.3, -0.25) is 4.98 Å². The summed E-state index contributed by atoms with van der Waals surface area (Å²) >= 11 is 6.34. The molecule has 3 heteroatoms. The third-order valence-electron chi connectivity index (χ3n) is 3.62. The lowest BCUT2D eigenvalue weighted by atomic mass is 9.97. The zero-order valence-electron chi connectivity index (χ0n) is 12.5. The standard InChI is InChI=1S/C17H21ClN2/c1-11-5-7-14(16(18)9-11)10-17(19-4)15-8-6-12(2)20-13(15)3/h5-9,17,19H,10H2,1-4H3. The lowest BCUT2D eigenvalue weighted by Crippen LogP contribution is -2.20. The first-order chi connectivity index (χ1) is 9.51. The zero-order chi connectivity index (χ0) is 14.7. The highest BCUT2D eigenvalue weighted by Crippen LogP contribution is 2.25. The van der Waals surface area contributed by atoms with Crippen LogP contribution in [0.4, 0.5) is 0 Å². The highest BCUT2D eigenvalue weighted by Gasteiger charge is 2.15. The number of hydrogen-bond acceptors (Lipinski definition) is 2. The van der Waals surface area contributed by atoms with E-state index in [4.69, 9.17) is 11.6 Å². The van der Waals surface area contributed by atoms with Gasteiger partial charge in [0.2, 0.25) is 0 Å². The van der Waals surface area contributed by atoms with E-state index in [0.717, 1.165) is 28.4 Å². The summed E-state index contributed by atoms with van der Waals surface area (Å²) in [6.45, 7) is 6.13. The molecule has 0 bridgehead atoms. The van der Waals surface area contributed by atoms with Crippen molar-refractivity contribution in [2.45, 2.75) is 33.2 Å². The summed E-state index contributed by atoms with van der Waals surface area (Å²) in [6, 6.07) is 10.7. The normalized spacial score (nSPS) is 12.4. The molecule has 0 saturated heterocycles. The molecule has 0 spiro atoms. The first kappa shape index (κ1) is 15.0. The minimum Gasteiger partial charge on any atom is -0.313 e. The van der Waals surface area contributed by atoms with Gasteiger partial charge >= 0.3 is 0 Å². The lowest BCUT2D eigenvalue weighted by Gasteiger charge is -2.19. The van der Waals surface area contributed by atoms with Crippen LogP contribution in [0.1, 0.15) is 34.1 Å². The predicted octanol–water partition coefficient (Wildman–Crippen LogP) is 4.16. The SMILES string of the molecule is CNC(Cc1ccc(C)cc1Cl)c1ccc(C)nc1C. The van der Waals surface area contributed by atoms with Crippen molar-refractivity contribution >= 4 is 11.6 Å². The van der Waals surface area contributed by atoms with Gasteiger partial charge in [0.1, 0.15) is 0 Å². The third-order valence-corrected chi connectivity index (χ3v) is 3.97. The second-order valence-electron chi connectivity index (χ2n) is 5.27. The van der Waals surface area contributed by atoms with E-state index in [1.807, 2.05) is 20.0 Å². The maximum absolute atomic E-state index is 6.34. The van der Waals surface area contributed by atoms with Crippen molar-refractivity contribution < 1.29 is 0 Å². The monoisotopic (exact) mass is 288 g/mol. The molecular weight excluding hydrogens is 268 g/mol. The average Bonchev–Trinajstić information content (AvgIpc) is 2.39. The Morgan fingerprint density at radius 1 is 1.15 bits per heavy atom. The molecule has 0 saturated carbocycles. The summed E-state index contributed by atoms with van der Waals surface area (Å²) in [5.41, 5.74) is 5.71. The number of nitrogens with zero attached hydrogens (tertiary/aromatic N) is 1. The fourth-order valence-electron chi connectivity index (χ4n) is 2.47. The van der Waals surface area contributed by atoms with Crippen LogP contribution < -0.4 is 5.32 Å². The number of hydrogen-bond donors (Lipinski definition) is 1. The third kappa shape index (κ3) is 3.38. The molecule has 0 amide bonds. The summed E-state index contributed by atoms with van der Waals surface area (Å²) in [7, 11) is 1.98. The first-order valence-corrected chi connectivity index (χ1v) is 7.25. The number of likely N-dealkylation sites (N-methyl/N-ethyl adjacent to an activating group) is 1. The molecule has 0 aliphatic carbocycles. The van der Waals surface area contributed by atoms with Crippen molar-refractivity contribution in [2.24, 2.45) is 0 Å². The molecule has 2 nitrogen and oxygen atoms in total. The van der Waals surface area contributed by atoms with E-state index in [1.54, 1.807) is 0 Å². The van der Waals surface area contributed by atoms with E-state index in [-0.39, 0.29) is 6.04 Å². The van der Waals surface area contributed by atoms with Gasteiger partial charge in [0.15, 0.2) is 0 Å². The van der Waals surface area contributed by atoms with Crippen molar-refractivity contribution in [1.82, 2.24) is 10.3 Å². The lowest BCUT2D eigenvalue weighted by molar-refractivity contribution is 0.585. The van der Waals surface area contributed by atoms with Crippen molar-refractivity contribution in [3.63, 3.8) is 0 Å².